The molecule has 0 aromatic carbocycles. The van der Waals surface area contributed by atoms with Crippen molar-refractivity contribution in [3.8, 4) is 0 Å². The van der Waals surface area contributed by atoms with Crippen LogP contribution in [-0.4, -0.2) is 52.0 Å². The molecule has 1 heterocycles. The zero-order chi connectivity index (χ0) is 11.4. The van der Waals surface area contributed by atoms with Gasteiger partial charge >= 0.3 is 5.97 Å². The van der Waals surface area contributed by atoms with Crippen molar-refractivity contribution >= 4 is 23.6 Å². The molecule has 0 bridgehead atoms. The Balaban J connectivity index is 2.63. The van der Waals surface area contributed by atoms with Gasteiger partial charge in [-0.2, -0.15) is 11.8 Å². The van der Waals surface area contributed by atoms with E-state index in [1.807, 2.05) is 0 Å². The summed E-state index contributed by atoms with van der Waals surface area (Å²) in [4.78, 5) is 24.0. The smallest absolute Gasteiger partial charge is 0.327 e. The number of amides is 1. The largest absolute Gasteiger partial charge is 0.480 e. The van der Waals surface area contributed by atoms with Crippen LogP contribution in [0.5, 0.6) is 0 Å². The van der Waals surface area contributed by atoms with Crippen molar-refractivity contribution in [1.29, 1.82) is 0 Å². The molecule has 0 aromatic heterocycles. The Bertz CT molecular complexity index is 258. The number of carbonyl (C=O) groups excluding carboxylic acids is 1. The van der Waals surface area contributed by atoms with Crippen LogP contribution in [0.2, 0.25) is 0 Å². The number of carbonyl (C=O) groups is 2. The van der Waals surface area contributed by atoms with E-state index in [1.165, 1.54) is 4.90 Å². The molecule has 3 N–H and O–H groups in total. The summed E-state index contributed by atoms with van der Waals surface area (Å²) in [6.07, 6.45) is 0.217. The topological polar surface area (TPSA) is 83.6 Å². The van der Waals surface area contributed by atoms with Crippen molar-refractivity contribution in [2.75, 3.05) is 18.1 Å². The van der Waals surface area contributed by atoms with E-state index < -0.39 is 12.0 Å². The lowest BCUT2D eigenvalue weighted by Gasteiger charge is -2.33. The van der Waals surface area contributed by atoms with E-state index >= 15 is 0 Å². The van der Waals surface area contributed by atoms with Gasteiger partial charge in [-0.3, -0.25) is 4.79 Å². The fraction of sp³-hybridized carbons (Fsp3) is 0.778. The molecular weight excluding hydrogens is 216 g/mol. The van der Waals surface area contributed by atoms with Crippen LogP contribution in [0.4, 0.5) is 0 Å². The van der Waals surface area contributed by atoms with E-state index in [0.717, 1.165) is 5.75 Å². The molecule has 15 heavy (non-hydrogen) atoms. The molecule has 5 nitrogen and oxygen atoms in total. The maximum absolute atomic E-state index is 11.7. The molecule has 1 fully saturated rings. The second-order valence-corrected chi connectivity index (χ2v) is 4.85. The van der Waals surface area contributed by atoms with Crippen LogP contribution in [0.15, 0.2) is 0 Å². The molecule has 2 unspecified atom stereocenters. The minimum atomic E-state index is -0.930. The summed E-state index contributed by atoms with van der Waals surface area (Å²) in [5.41, 5.74) is 5.52. The Kier molecular flexibility index (Phi) is 4.41. The van der Waals surface area contributed by atoms with Crippen molar-refractivity contribution in [3.63, 3.8) is 0 Å². The molecule has 0 radical (unpaired) electrons. The predicted molar refractivity (Wildman–Crippen MR) is 58.7 cm³/mol. The predicted octanol–water partition coefficient (Wildman–Crippen LogP) is -0.248. The van der Waals surface area contributed by atoms with Gasteiger partial charge in [-0.25, -0.2) is 4.79 Å². The number of rotatable bonds is 3. The average Bonchev–Trinajstić information content (AvgIpc) is 2.16. The summed E-state index contributed by atoms with van der Waals surface area (Å²) in [6.45, 7) is 2.25. The first-order chi connectivity index (χ1) is 7.02. The fourth-order valence-corrected chi connectivity index (χ4v) is 2.54. The van der Waals surface area contributed by atoms with Gasteiger partial charge in [0.2, 0.25) is 5.91 Å². The second-order valence-electron chi connectivity index (χ2n) is 3.70. The highest BCUT2D eigenvalue weighted by Gasteiger charge is 2.32. The first-order valence-electron chi connectivity index (χ1n) is 4.88. The quantitative estimate of drug-likeness (QED) is 0.701. The van der Waals surface area contributed by atoms with Crippen molar-refractivity contribution in [3.05, 3.63) is 0 Å². The number of hydrogen-bond acceptors (Lipinski definition) is 4. The van der Waals surface area contributed by atoms with Crippen LogP contribution < -0.4 is 5.73 Å². The zero-order valence-electron chi connectivity index (χ0n) is 8.68. The lowest BCUT2D eigenvalue weighted by Crippen LogP contribution is -2.51. The van der Waals surface area contributed by atoms with E-state index in [4.69, 9.17) is 10.8 Å². The molecule has 2 atom stereocenters. The standard InChI is InChI=1S/C9H16N2O3S/c1-6(10)4-8(12)11-2-3-15-5-7(11)9(13)14/h6-7H,2-5,10H2,1H3,(H,13,14). The first-order valence-corrected chi connectivity index (χ1v) is 6.03. The summed E-state index contributed by atoms with van der Waals surface area (Å²) in [7, 11) is 0. The highest BCUT2D eigenvalue weighted by Crippen LogP contribution is 2.17. The van der Waals surface area contributed by atoms with Crippen LogP contribution in [0, 0.1) is 0 Å². The summed E-state index contributed by atoms with van der Waals surface area (Å²) in [5, 5.41) is 8.95. The SMILES string of the molecule is CC(N)CC(=O)N1CCSCC1C(=O)O. The molecular formula is C9H16N2O3S. The van der Waals surface area contributed by atoms with Crippen LogP contribution in [0.1, 0.15) is 13.3 Å². The molecule has 6 heteroatoms. The van der Waals surface area contributed by atoms with E-state index in [2.05, 4.69) is 0 Å². The zero-order valence-corrected chi connectivity index (χ0v) is 9.50. The van der Waals surface area contributed by atoms with Gasteiger partial charge in [0.15, 0.2) is 0 Å². The third kappa shape index (κ3) is 3.39. The lowest BCUT2D eigenvalue weighted by molar-refractivity contribution is -0.149. The molecule has 1 aliphatic heterocycles. The number of carboxylic acid groups (broad SMARTS) is 1. The highest BCUT2D eigenvalue weighted by atomic mass is 32.2. The van der Waals surface area contributed by atoms with Crippen molar-refractivity contribution in [1.82, 2.24) is 4.90 Å². The third-order valence-electron chi connectivity index (χ3n) is 2.23. The number of carboxylic acids is 1. The number of hydrogen-bond donors (Lipinski definition) is 2. The fourth-order valence-electron chi connectivity index (χ4n) is 1.50. The maximum Gasteiger partial charge on any atom is 0.327 e. The van der Waals surface area contributed by atoms with Gasteiger partial charge < -0.3 is 15.7 Å². The van der Waals surface area contributed by atoms with Gasteiger partial charge in [0.1, 0.15) is 6.04 Å². The Morgan fingerprint density at radius 3 is 2.87 bits per heavy atom. The second kappa shape index (κ2) is 5.37. The molecule has 0 saturated carbocycles. The average molecular weight is 232 g/mol. The molecule has 1 amide bonds. The summed E-state index contributed by atoms with van der Waals surface area (Å²) in [6, 6.07) is -0.906. The molecule has 86 valence electrons. The van der Waals surface area contributed by atoms with Gasteiger partial charge in [-0.15, -0.1) is 0 Å². The van der Waals surface area contributed by atoms with Crippen LogP contribution in [-0.2, 0) is 9.59 Å². The summed E-state index contributed by atoms with van der Waals surface area (Å²) in [5.74, 6) is 0.187. The Labute approximate surface area is 93.0 Å². The van der Waals surface area contributed by atoms with Crippen LogP contribution >= 0.6 is 11.8 Å². The minimum Gasteiger partial charge on any atom is -0.480 e. The van der Waals surface area contributed by atoms with Crippen molar-refractivity contribution < 1.29 is 14.7 Å². The van der Waals surface area contributed by atoms with Gasteiger partial charge in [0.05, 0.1) is 0 Å². The Morgan fingerprint density at radius 2 is 2.33 bits per heavy atom. The normalized spacial score (nSPS) is 23.6. The number of thioether (sulfide) groups is 1. The van der Waals surface area contributed by atoms with Crippen molar-refractivity contribution in [2.24, 2.45) is 5.73 Å². The van der Waals surface area contributed by atoms with Crippen LogP contribution in [0.25, 0.3) is 0 Å². The van der Waals surface area contributed by atoms with Crippen molar-refractivity contribution in [2.45, 2.75) is 25.4 Å². The molecule has 0 aromatic rings. The molecule has 0 spiro atoms. The van der Waals surface area contributed by atoms with E-state index in [-0.39, 0.29) is 18.4 Å². The molecule has 1 saturated heterocycles. The molecule has 0 aliphatic carbocycles. The monoisotopic (exact) mass is 232 g/mol. The number of nitrogens with two attached hydrogens (primary N) is 1. The van der Waals surface area contributed by atoms with Crippen LogP contribution in [0.3, 0.4) is 0 Å². The summed E-state index contributed by atoms with van der Waals surface area (Å²) < 4.78 is 0. The van der Waals surface area contributed by atoms with Gasteiger partial charge in [0, 0.05) is 30.5 Å². The molecule has 1 rings (SSSR count). The number of nitrogens with zero attached hydrogens (tertiary/aromatic N) is 1. The van der Waals surface area contributed by atoms with Gasteiger partial charge in [0.25, 0.3) is 0 Å². The van der Waals surface area contributed by atoms with E-state index in [0.29, 0.717) is 12.3 Å². The maximum atomic E-state index is 11.7. The summed E-state index contributed by atoms with van der Waals surface area (Å²) >= 11 is 1.57. The number of aliphatic carboxylic acids is 1. The van der Waals surface area contributed by atoms with Gasteiger partial charge in [-0.05, 0) is 6.92 Å². The highest BCUT2D eigenvalue weighted by molar-refractivity contribution is 7.99. The van der Waals surface area contributed by atoms with E-state index in [1.54, 1.807) is 18.7 Å². The van der Waals surface area contributed by atoms with E-state index in [9.17, 15) is 9.59 Å². The Hall–Kier alpha value is -0.750. The third-order valence-corrected chi connectivity index (χ3v) is 3.25. The minimum absolute atomic E-state index is 0.155. The van der Waals surface area contributed by atoms with Gasteiger partial charge in [-0.1, -0.05) is 0 Å². The Morgan fingerprint density at radius 1 is 1.67 bits per heavy atom. The molecule has 1 aliphatic rings. The lowest BCUT2D eigenvalue weighted by atomic mass is 10.2. The first kappa shape index (κ1) is 12.3.